The number of rotatable bonds is 8. The third kappa shape index (κ3) is 5.42. The van der Waals surface area contributed by atoms with Gasteiger partial charge < -0.3 is 0 Å². The largest absolute Gasteiger partial charge is 0.275 e. The predicted molar refractivity (Wildman–Crippen MR) is 65.1 cm³/mol. The van der Waals surface area contributed by atoms with Gasteiger partial charge >= 0.3 is 0 Å². The zero-order valence-corrected chi connectivity index (χ0v) is 11.1. The molecule has 0 N–H and O–H groups in total. The Morgan fingerprint density at radius 2 is 1.61 bits per heavy atom. The van der Waals surface area contributed by atoms with Gasteiger partial charge in [0, 0.05) is 18.7 Å². The van der Waals surface area contributed by atoms with Crippen molar-refractivity contribution in [1.29, 1.82) is 0 Å². The molecule has 0 aromatic rings. The molecule has 0 aromatic heterocycles. The van der Waals surface area contributed by atoms with Crippen LogP contribution in [0, 0.1) is 0 Å². The van der Waals surface area contributed by atoms with Gasteiger partial charge in [0.25, 0.3) is 21.9 Å². The van der Waals surface area contributed by atoms with Gasteiger partial charge in [0.2, 0.25) is 0 Å². The fraction of sp³-hybridized carbons (Fsp3) is 0.636. The fourth-order valence-electron chi connectivity index (χ4n) is 1.59. The summed E-state index contributed by atoms with van der Waals surface area (Å²) in [4.78, 5) is 23.6. The van der Waals surface area contributed by atoms with Crippen molar-refractivity contribution in [2.45, 2.75) is 25.7 Å². The molecule has 1 aliphatic heterocycles. The lowest BCUT2D eigenvalue weighted by Crippen LogP contribution is -2.30. The molecule has 0 atom stereocenters. The van der Waals surface area contributed by atoms with E-state index in [1.54, 1.807) is 0 Å². The first kappa shape index (κ1) is 14.8. The standard InChI is InChI=1S/C11H17NO5S/c1-18(15,16)17-9-5-3-2-4-8-12-10(13)6-7-11(12)14/h6-7H,2-5,8-9H2,1H3. The summed E-state index contributed by atoms with van der Waals surface area (Å²) in [6.45, 7) is 0.597. The average Bonchev–Trinajstić information content (AvgIpc) is 2.57. The van der Waals surface area contributed by atoms with E-state index >= 15 is 0 Å². The minimum Gasteiger partial charge on any atom is -0.275 e. The molecule has 102 valence electrons. The van der Waals surface area contributed by atoms with Gasteiger partial charge in [0.1, 0.15) is 0 Å². The highest BCUT2D eigenvalue weighted by Gasteiger charge is 2.21. The van der Waals surface area contributed by atoms with E-state index in [1.165, 1.54) is 17.1 Å². The molecule has 7 heteroatoms. The van der Waals surface area contributed by atoms with Crippen molar-refractivity contribution in [2.75, 3.05) is 19.4 Å². The smallest absolute Gasteiger partial charge is 0.264 e. The quantitative estimate of drug-likeness (QED) is 0.365. The molecule has 0 aliphatic carbocycles. The second kappa shape index (κ2) is 6.65. The van der Waals surface area contributed by atoms with E-state index in [2.05, 4.69) is 4.18 Å². The molecule has 0 fully saturated rings. The summed E-state index contributed by atoms with van der Waals surface area (Å²) < 4.78 is 25.9. The van der Waals surface area contributed by atoms with Gasteiger partial charge in [-0.25, -0.2) is 0 Å². The molecule has 1 heterocycles. The van der Waals surface area contributed by atoms with Crippen LogP contribution in [0.15, 0.2) is 12.2 Å². The maximum absolute atomic E-state index is 11.2. The van der Waals surface area contributed by atoms with E-state index in [0.717, 1.165) is 25.5 Å². The van der Waals surface area contributed by atoms with Crippen LogP contribution in [-0.2, 0) is 23.9 Å². The van der Waals surface area contributed by atoms with E-state index in [0.29, 0.717) is 13.0 Å². The van der Waals surface area contributed by atoms with Crippen LogP contribution >= 0.6 is 0 Å². The first-order chi connectivity index (χ1) is 8.40. The first-order valence-corrected chi connectivity index (χ1v) is 7.60. The van der Waals surface area contributed by atoms with Crippen molar-refractivity contribution in [3.63, 3.8) is 0 Å². The third-order valence-electron chi connectivity index (χ3n) is 2.47. The zero-order chi connectivity index (χ0) is 13.6. The van der Waals surface area contributed by atoms with E-state index in [4.69, 9.17) is 0 Å². The molecular weight excluding hydrogens is 258 g/mol. The number of carbonyl (C=O) groups excluding carboxylic acids is 2. The molecule has 0 aromatic carbocycles. The van der Waals surface area contributed by atoms with Crippen molar-refractivity contribution < 1.29 is 22.2 Å². The summed E-state index contributed by atoms with van der Waals surface area (Å²) in [5, 5.41) is 0. The number of hydrogen-bond acceptors (Lipinski definition) is 5. The van der Waals surface area contributed by atoms with E-state index in [-0.39, 0.29) is 18.4 Å². The van der Waals surface area contributed by atoms with Crippen LogP contribution in [0.2, 0.25) is 0 Å². The molecule has 0 bridgehead atoms. The van der Waals surface area contributed by atoms with Gasteiger partial charge in [0.15, 0.2) is 0 Å². The number of carbonyl (C=O) groups is 2. The summed E-state index contributed by atoms with van der Waals surface area (Å²) in [7, 11) is -3.35. The highest BCUT2D eigenvalue weighted by molar-refractivity contribution is 7.85. The lowest BCUT2D eigenvalue weighted by Gasteiger charge is -2.12. The molecule has 1 aliphatic rings. The second-order valence-electron chi connectivity index (χ2n) is 4.10. The van der Waals surface area contributed by atoms with Crippen LogP contribution in [0.4, 0.5) is 0 Å². The van der Waals surface area contributed by atoms with E-state index in [9.17, 15) is 18.0 Å². The van der Waals surface area contributed by atoms with Crippen LogP contribution in [0.3, 0.4) is 0 Å². The monoisotopic (exact) mass is 275 g/mol. The van der Waals surface area contributed by atoms with Crippen LogP contribution in [0.1, 0.15) is 25.7 Å². The molecule has 2 amide bonds. The lowest BCUT2D eigenvalue weighted by molar-refractivity contribution is -0.136. The number of imide groups is 1. The Bertz CT molecular complexity index is 422. The van der Waals surface area contributed by atoms with Gasteiger partial charge in [-0.05, 0) is 12.8 Å². The van der Waals surface area contributed by atoms with Gasteiger partial charge in [-0.15, -0.1) is 0 Å². The van der Waals surface area contributed by atoms with Crippen molar-refractivity contribution in [3.05, 3.63) is 12.2 Å². The molecule has 0 saturated carbocycles. The third-order valence-corrected chi connectivity index (χ3v) is 3.07. The molecule has 1 rings (SSSR count). The Morgan fingerprint density at radius 3 is 2.17 bits per heavy atom. The molecular formula is C11H17NO5S. The van der Waals surface area contributed by atoms with E-state index in [1.807, 2.05) is 0 Å². The number of unbranched alkanes of at least 4 members (excludes halogenated alkanes) is 3. The summed E-state index contributed by atoms with van der Waals surface area (Å²) in [5.41, 5.74) is 0. The van der Waals surface area contributed by atoms with Gasteiger partial charge in [-0.2, -0.15) is 8.42 Å². The molecule has 18 heavy (non-hydrogen) atoms. The number of hydrogen-bond donors (Lipinski definition) is 0. The lowest BCUT2D eigenvalue weighted by atomic mass is 10.2. The normalized spacial score (nSPS) is 15.7. The minimum atomic E-state index is -3.35. The van der Waals surface area contributed by atoms with Gasteiger partial charge in [0.05, 0.1) is 12.9 Å². The zero-order valence-electron chi connectivity index (χ0n) is 10.3. The Kier molecular flexibility index (Phi) is 5.49. The van der Waals surface area contributed by atoms with Gasteiger partial charge in [-0.1, -0.05) is 12.8 Å². The Labute approximate surface area is 107 Å². The minimum absolute atomic E-state index is 0.183. The van der Waals surface area contributed by atoms with Gasteiger partial charge in [-0.3, -0.25) is 18.7 Å². The van der Waals surface area contributed by atoms with Crippen LogP contribution in [0.25, 0.3) is 0 Å². The fourth-order valence-corrected chi connectivity index (χ4v) is 2.01. The Balaban J connectivity index is 2.03. The van der Waals surface area contributed by atoms with Crippen molar-refractivity contribution >= 4 is 21.9 Å². The SMILES string of the molecule is CS(=O)(=O)OCCCCCCN1C(=O)C=CC1=O. The molecule has 0 saturated heterocycles. The average molecular weight is 275 g/mol. The Hall–Kier alpha value is -1.21. The van der Waals surface area contributed by atoms with Crippen LogP contribution < -0.4 is 0 Å². The topological polar surface area (TPSA) is 80.8 Å². The highest BCUT2D eigenvalue weighted by Crippen LogP contribution is 2.07. The maximum Gasteiger partial charge on any atom is 0.264 e. The molecule has 0 unspecified atom stereocenters. The van der Waals surface area contributed by atoms with Crippen LogP contribution in [0.5, 0.6) is 0 Å². The summed E-state index contributed by atoms with van der Waals surface area (Å²) in [6, 6.07) is 0. The van der Waals surface area contributed by atoms with Crippen molar-refractivity contribution in [3.8, 4) is 0 Å². The Morgan fingerprint density at radius 1 is 1.06 bits per heavy atom. The van der Waals surface area contributed by atoms with Crippen molar-refractivity contribution in [2.24, 2.45) is 0 Å². The number of amides is 2. The van der Waals surface area contributed by atoms with E-state index < -0.39 is 10.1 Å². The summed E-state index contributed by atoms with van der Waals surface area (Å²) >= 11 is 0. The predicted octanol–water partition coefficient (Wildman–Crippen LogP) is 0.448. The maximum atomic E-state index is 11.2. The summed E-state index contributed by atoms with van der Waals surface area (Å²) in [5.74, 6) is -0.527. The number of nitrogens with zero attached hydrogens (tertiary/aromatic N) is 1. The van der Waals surface area contributed by atoms with Crippen molar-refractivity contribution in [1.82, 2.24) is 4.90 Å². The molecule has 0 spiro atoms. The second-order valence-corrected chi connectivity index (χ2v) is 5.75. The molecule has 0 radical (unpaired) electrons. The van der Waals surface area contributed by atoms with Crippen LogP contribution in [-0.4, -0.2) is 44.5 Å². The molecule has 6 nitrogen and oxygen atoms in total. The summed E-state index contributed by atoms with van der Waals surface area (Å²) in [6.07, 6.45) is 6.55. The first-order valence-electron chi connectivity index (χ1n) is 5.78. The highest BCUT2D eigenvalue weighted by atomic mass is 32.2.